The van der Waals surface area contributed by atoms with Crippen LogP contribution in [0.2, 0.25) is 0 Å². The van der Waals surface area contributed by atoms with Gasteiger partial charge in [-0.15, -0.1) is 0 Å². The molecule has 0 amide bonds. The first kappa shape index (κ1) is 13.1. The summed E-state index contributed by atoms with van der Waals surface area (Å²) in [5.41, 5.74) is 0.600. The van der Waals surface area contributed by atoms with Crippen molar-refractivity contribution in [2.45, 2.75) is 13.0 Å². The van der Waals surface area contributed by atoms with E-state index < -0.39 is 10.9 Å². The van der Waals surface area contributed by atoms with Crippen molar-refractivity contribution < 1.29 is 0 Å². The summed E-state index contributed by atoms with van der Waals surface area (Å²) in [6, 6.07) is 11.3. The van der Waals surface area contributed by atoms with E-state index in [0.29, 0.717) is 11.5 Å². The van der Waals surface area contributed by atoms with Crippen LogP contribution in [0, 0.1) is 0 Å². The second-order valence-corrected chi connectivity index (χ2v) is 4.78. The average molecular weight is 282 g/mol. The maximum absolute atomic E-state index is 11.7. The van der Waals surface area contributed by atoms with Gasteiger partial charge in [0, 0.05) is 12.1 Å². The van der Waals surface area contributed by atoms with Gasteiger partial charge in [-0.3, -0.25) is 14.7 Å². The number of hydrogen-bond donors (Lipinski definition) is 3. The smallest absolute Gasteiger partial charge is 0.253 e. The lowest BCUT2D eigenvalue weighted by Gasteiger charge is -2.19. The van der Waals surface area contributed by atoms with Gasteiger partial charge in [-0.05, 0) is 12.5 Å². The van der Waals surface area contributed by atoms with E-state index in [-0.39, 0.29) is 11.7 Å². The normalized spacial score (nSPS) is 12.2. The molecular weight excluding hydrogens is 268 g/mol. The van der Waals surface area contributed by atoms with Crippen LogP contribution in [0.25, 0.3) is 0 Å². The van der Waals surface area contributed by atoms with Gasteiger partial charge < -0.3 is 10.6 Å². The number of nitrogens with one attached hydrogen (secondary N) is 3. The van der Waals surface area contributed by atoms with Crippen LogP contribution in [0.15, 0.2) is 52.2 Å². The summed E-state index contributed by atoms with van der Waals surface area (Å²) in [5.74, 6) is 0.567. The minimum absolute atomic E-state index is 0.0724. The molecule has 106 valence electrons. The Kier molecular flexibility index (Phi) is 3.27. The number of H-pyrrole nitrogens is 1. The molecule has 1 aromatic heterocycles. The molecule has 21 heavy (non-hydrogen) atoms. The molecule has 1 atom stereocenters. The van der Waals surface area contributed by atoms with Crippen LogP contribution in [0.5, 0.6) is 0 Å². The van der Waals surface area contributed by atoms with Gasteiger partial charge in [0.2, 0.25) is 0 Å². The Morgan fingerprint density at radius 2 is 1.76 bits per heavy atom. The van der Waals surface area contributed by atoms with Crippen molar-refractivity contribution in [1.29, 1.82) is 0 Å². The zero-order valence-electron chi connectivity index (χ0n) is 11.4. The fourth-order valence-corrected chi connectivity index (χ4v) is 2.15. The molecule has 2 aromatic carbocycles. The van der Waals surface area contributed by atoms with Gasteiger partial charge in [0.25, 0.3) is 10.9 Å². The van der Waals surface area contributed by atoms with E-state index in [2.05, 4.69) is 20.8 Å². The summed E-state index contributed by atoms with van der Waals surface area (Å²) >= 11 is 0. The molecule has 0 bridgehead atoms. The molecule has 0 saturated carbocycles. The molecule has 0 aliphatic rings. The van der Waals surface area contributed by atoms with Gasteiger partial charge in [0.05, 0.1) is 6.20 Å². The molecular formula is C15H14N4O2. The summed E-state index contributed by atoms with van der Waals surface area (Å²) < 4.78 is 0. The summed E-state index contributed by atoms with van der Waals surface area (Å²) in [7, 11) is 0. The Morgan fingerprint density at radius 3 is 2.43 bits per heavy atom. The standard InChI is InChI=1S/C15H14N4O2/c1-9(10-5-3-2-4-6-10)17-12-13(15(21)14(12)20)18-11-7-8-16-19-11/h2-9,17H,1H3,(H2,16,18,19)/t9-/m1/s1. The van der Waals surface area contributed by atoms with Crippen molar-refractivity contribution in [2.24, 2.45) is 0 Å². The molecule has 0 spiro atoms. The van der Waals surface area contributed by atoms with Crippen molar-refractivity contribution >= 4 is 17.2 Å². The lowest BCUT2D eigenvalue weighted by atomic mass is 10.1. The molecule has 1 heterocycles. The zero-order valence-corrected chi connectivity index (χ0v) is 11.4. The third-order valence-corrected chi connectivity index (χ3v) is 3.33. The van der Waals surface area contributed by atoms with Crippen LogP contribution in [-0.2, 0) is 0 Å². The Labute approximate surface area is 120 Å². The number of rotatable bonds is 5. The summed E-state index contributed by atoms with van der Waals surface area (Å²) in [6.45, 7) is 1.94. The SMILES string of the molecule is C[C@@H](Nc1c(Nc2ccn[nH]2)c(=O)c1=O)c1ccccc1. The fraction of sp³-hybridized carbons (Fsp3) is 0.133. The Morgan fingerprint density at radius 1 is 1.05 bits per heavy atom. The van der Waals surface area contributed by atoms with E-state index in [4.69, 9.17) is 0 Å². The molecule has 0 saturated heterocycles. The van der Waals surface area contributed by atoms with Gasteiger partial charge in [-0.2, -0.15) is 5.10 Å². The summed E-state index contributed by atoms with van der Waals surface area (Å²) in [5, 5.41) is 12.4. The van der Waals surface area contributed by atoms with E-state index in [1.807, 2.05) is 37.3 Å². The van der Waals surface area contributed by atoms with Gasteiger partial charge in [-0.25, -0.2) is 0 Å². The van der Waals surface area contributed by atoms with E-state index in [0.717, 1.165) is 5.56 Å². The van der Waals surface area contributed by atoms with E-state index in [1.165, 1.54) is 0 Å². The first-order valence-corrected chi connectivity index (χ1v) is 6.58. The molecule has 0 radical (unpaired) electrons. The van der Waals surface area contributed by atoms with Crippen molar-refractivity contribution in [1.82, 2.24) is 10.2 Å². The van der Waals surface area contributed by atoms with Crippen molar-refractivity contribution in [3.8, 4) is 0 Å². The zero-order chi connectivity index (χ0) is 14.8. The average Bonchev–Trinajstić information content (AvgIpc) is 3.04. The van der Waals surface area contributed by atoms with E-state index in [1.54, 1.807) is 12.3 Å². The fourth-order valence-electron chi connectivity index (χ4n) is 2.15. The maximum Gasteiger partial charge on any atom is 0.253 e. The van der Waals surface area contributed by atoms with Gasteiger partial charge in [-0.1, -0.05) is 30.3 Å². The number of hydrogen-bond acceptors (Lipinski definition) is 5. The minimum Gasteiger partial charge on any atom is -0.373 e. The number of anilines is 3. The first-order valence-electron chi connectivity index (χ1n) is 6.58. The number of aromatic amines is 1. The van der Waals surface area contributed by atoms with Crippen molar-refractivity contribution in [3.63, 3.8) is 0 Å². The van der Waals surface area contributed by atoms with Gasteiger partial charge in [0.15, 0.2) is 0 Å². The molecule has 0 fully saturated rings. The van der Waals surface area contributed by atoms with E-state index >= 15 is 0 Å². The van der Waals surface area contributed by atoms with Crippen LogP contribution in [0.1, 0.15) is 18.5 Å². The molecule has 6 nitrogen and oxygen atoms in total. The lowest BCUT2D eigenvalue weighted by Crippen LogP contribution is -2.37. The number of aromatic nitrogens is 2. The third kappa shape index (κ3) is 2.43. The van der Waals surface area contributed by atoms with Crippen LogP contribution < -0.4 is 21.5 Å². The minimum atomic E-state index is -0.521. The largest absolute Gasteiger partial charge is 0.373 e. The highest BCUT2D eigenvalue weighted by Gasteiger charge is 2.22. The maximum atomic E-state index is 11.7. The first-order chi connectivity index (χ1) is 10.2. The van der Waals surface area contributed by atoms with Crippen molar-refractivity contribution in [2.75, 3.05) is 10.6 Å². The van der Waals surface area contributed by atoms with Gasteiger partial charge >= 0.3 is 0 Å². The molecule has 3 aromatic rings. The monoisotopic (exact) mass is 282 g/mol. The molecule has 3 rings (SSSR count). The summed E-state index contributed by atoms with van der Waals surface area (Å²) in [4.78, 5) is 23.4. The van der Waals surface area contributed by atoms with Crippen LogP contribution >= 0.6 is 0 Å². The number of nitrogens with zero attached hydrogens (tertiary/aromatic N) is 1. The Hall–Kier alpha value is -2.89. The Balaban J connectivity index is 1.82. The predicted octanol–water partition coefficient (Wildman–Crippen LogP) is 1.92. The quantitative estimate of drug-likeness (QED) is 0.622. The molecule has 0 aliphatic carbocycles. The second kappa shape index (κ2) is 5.24. The van der Waals surface area contributed by atoms with E-state index in [9.17, 15) is 9.59 Å². The predicted molar refractivity (Wildman–Crippen MR) is 81.7 cm³/mol. The van der Waals surface area contributed by atoms with Crippen LogP contribution in [0.4, 0.5) is 17.2 Å². The highest BCUT2D eigenvalue weighted by Crippen LogP contribution is 2.24. The highest BCUT2D eigenvalue weighted by atomic mass is 16.2. The topological polar surface area (TPSA) is 86.9 Å². The lowest BCUT2D eigenvalue weighted by molar-refractivity contribution is 0.880. The molecule has 6 heteroatoms. The van der Waals surface area contributed by atoms with Crippen molar-refractivity contribution in [3.05, 3.63) is 68.6 Å². The second-order valence-electron chi connectivity index (χ2n) is 4.78. The molecule has 3 N–H and O–H groups in total. The number of benzene rings is 1. The Bertz CT molecular complexity index is 802. The van der Waals surface area contributed by atoms with Crippen LogP contribution in [-0.4, -0.2) is 10.2 Å². The molecule has 0 unspecified atom stereocenters. The van der Waals surface area contributed by atoms with Gasteiger partial charge in [0.1, 0.15) is 17.2 Å². The summed E-state index contributed by atoms with van der Waals surface area (Å²) in [6.07, 6.45) is 1.56. The highest BCUT2D eigenvalue weighted by molar-refractivity contribution is 5.78. The molecule has 0 aliphatic heterocycles. The van der Waals surface area contributed by atoms with Crippen LogP contribution in [0.3, 0.4) is 0 Å². The third-order valence-electron chi connectivity index (χ3n) is 3.33.